The maximum Gasteiger partial charge on any atom is 0.319 e. The fourth-order valence-electron chi connectivity index (χ4n) is 2.82. The minimum Gasteiger partial charge on any atom is -0.335 e. The predicted octanol–water partition coefficient (Wildman–Crippen LogP) is 2.27. The van der Waals surface area contributed by atoms with Crippen LogP contribution in [0.3, 0.4) is 0 Å². The van der Waals surface area contributed by atoms with E-state index in [9.17, 15) is 9.59 Å². The number of carbonyl (C=O) groups is 2. The van der Waals surface area contributed by atoms with Crippen LogP contribution in [0.15, 0.2) is 18.2 Å². The standard InChI is InChI=1S/C16H19N3O2/c20-15(11-1-2-11)19-8-7-10-3-4-13(9-14(10)19)18-16(21)17-12-5-6-12/h3-4,9,11-12H,1-2,5-8H2,(H2,17,18,21). The number of hydrogen-bond acceptors (Lipinski definition) is 2. The maximum atomic E-state index is 12.3. The fraction of sp³-hybridized carbons (Fsp3) is 0.500. The van der Waals surface area contributed by atoms with Crippen LogP contribution in [0, 0.1) is 5.92 Å². The van der Waals surface area contributed by atoms with Gasteiger partial charge in [0, 0.05) is 29.9 Å². The maximum absolute atomic E-state index is 12.3. The number of fused-ring (bicyclic) bond motifs is 1. The monoisotopic (exact) mass is 285 g/mol. The van der Waals surface area contributed by atoms with Gasteiger partial charge in [0.25, 0.3) is 0 Å². The Morgan fingerprint density at radius 1 is 1.14 bits per heavy atom. The van der Waals surface area contributed by atoms with Crippen LogP contribution in [0.4, 0.5) is 16.2 Å². The molecule has 3 amide bonds. The van der Waals surface area contributed by atoms with Crippen LogP contribution in [0.25, 0.3) is 0 Å². The molecule has 0 aromatic heterocycles. The first-order valence-electron chi connectivity index (χ1n) is 7.72. The van der Waals surface area contributed by atoms with E-state index in [1.54, 1.807) is 0 Å². The summed E-state index contributed by atoms with van der Waals surface area (Å²) in [5, 5.41) is 5.76. The van der Waals surface area contributed by atoms with Crippen molar-refractivity contribution in [3.63, 3.8) is 0 Å². The third kappa shape index (κ3) is 2.60. The molecule has 2 aliphatic carbocycles. The van der Waals surface area contributed by atoms with Gasteiger partial charge in [0.15, 0.2) is 0 Å². The molecule has 5 heteroatoms. The number of benzene rings is 1. The largest absolute Gasteiger partial charge is 0.335 e. The van der Waals surface area contributed by atoms with Crippen LogP contribution < -0.4 is 15.5 Å². The normalized spacial score (nSPS) is 20.1. The average molecular weight is 285 g/mol. The van der Waals surface area contributed by atoms with E-state index in [0.29, 0.717) is 6.04 Å². The zero-order valence-corrected chi connectivity index (χ0v) is 11.9. The van der Waals surface area contributed by atoms with Gasteiger partial charge in [-0.2, -0.15) is 0 Å². The quantitative estimate of drug-likeness (QED) is 0.895. The molecule has 1 aromatic rings. The molecule has 1 aromatic carbocycles. The first kappa shape index (κ1) is 12.7. The number of rotatable bonds is 3. The summed E-state index contributed by atoms with van der Waals surface area (Å²) in [6, 6.07) is 6.04. The summed E-state index contributed by atoms with van der Waals surface area (Å²) in [4.78, 5) is 26.0. The Bertz CT molecular complexity index is 606. The van der Waals surface area contributed by atoms with Crippen molar-refractivity contribution in [2.24, 2.45) is 5.92 Å². The predicted molar refractivity (Wildman–Crippen MR) is 80.4 cm³/mol. The summed E-state index contributed by atoms with van der Waals surface area (Å²) in [5.74, 6) is 0.471. The number of urea groups is 1. The molecule has 0 spiro atoms. The topological polar surface area (TPSA) is 61.4 Å². The van der Waals surface area contributed by atoms with Crippen molar-refractivity contribution in [2.75, 3.05) is 16.8 Å². The second-order valence-corrected chi connectivity index (χ2v) is 6.23. The molecule has 0 radical (unpaired) electrons. The molecule has 5 nitrogen and oxygen atoms in total. The number of nitrogens with one attached hydrogen (secondary N) is 2. The molecular formula is C16H19N3O2. The van der Waals surface area contributed by atoms with E-state index in [1.807, 2.05) is 23.1 Å². The van der Waals surface area contributed by atoms with Crippen LogP contribution >= 0.6 is 0 Å². The smallest absolute Gasteiger partial charge is 0.319 e. The van der Waals surface area contributed by atoms with Crippen molar-refractivity contribution in [3.8, 4) is 0 Å². The summed E-state index contributed by atoms with van der Waals surface area (Å²) in [6.07, 6.45) is 5.09. The minimum atomic E-state index is -0.157. The zero-order valence-electron chi connectivity index (χ0n) is 11.9. The SMILES string of the molecule is O=C(Nc1ccc2c(c1)N(C(=O)C1CC1)CC2)NC1CC1. The van der Waals surface area contributed by atoms with Crippen molar-refractivity contribution in [1.29, 1.82) is 0 Å². The van der Waals surface area contributed by atoms with Crippen LogP contribution in [0.5, 0.6) is 0 Å². The van der Waals surface area contributed by atoms with E-state index in [4.69, 9.17) is 0 Å². The van der Waals surface area contributed by atoms with Crippen molar-refractivity contribution in [2.45, 2.75) is 38.1 Å². The number of carbonyl (C=O) groups excluding carboxylic acids is 2. The molecule has 2 fully saturated rings. The number of anilines is 2. The van der Waals surface area contributed by atoms with Gasteiger partial charge in [-0.15, -0.1) is 0 Å². The van der Waals surface area contributed by atoms with Crippen molar-refractivity contribution >= 4 is 23.3 Å². The lowest BCUT2D eigenvalue weighted by Crippen LogP contribution is -2.31. The summed E-state index contributed by atoms with van der Waals surface area (Å²) in [5.41, 5.74) is 2.91. The molecule has 0 unspecified atom stereocenters. The highest BCUT2D eigenvalue weighted by Crippen LogP contribution is 2.37. The second kappa shape index (κ2) is 4.76. The number of hydrogen-bond donors (Lipinski definition) is 2. The molecule has 1 aliphatic heterocycles. The Hall–Kier alpha value is -2.04. The number of nitrogens with zero attached hydrogens (tertiary/aromatic N) is 1. The Labute approximate surface area is 123 Å². The molecule has 2 saturated carbocycles. The Kier molecular flexibility index (Phi) is 2.87. The van der Waals surface area contributed by atoms with E-state index >= 15 is 0 Å². The summed E-state index contributed by atoms with van der Waals surface area (Å²) in [7, 11) is 0. The lowest BCUT2D eigenvalue weighted by Gasteiger charge is -2.18. The van der Waals surface area contributed by atoms with Gasteiger partial charge in [-0.3, -0.25) is 4.79 Å². The molecule has 21 heavy (non-hydrogen) atoms. The molecule has 2 N–H and O–H groups in total. The third-order valence-corrected chi connectivity index (χ3v) is 4.34. The van der Waals surface area contributed by atoms with Crippen LogP contribution in [-0.2, 0) is 11.2 Å². The Morgan fingerprint density at radius 3 is 2.67 bits per heavy atom. The van der Waals surface area contributed by atoms with Gasteiger partial charge in [-0.05, 0) is 49.8 Å². The highest BCUT2D eigenvalue weighted by molar-refractivity contribution is 5.99. The molecule has 110 valence electrons. The molecule has 0 atom stereocenters. The van der Waals surface area contributed by atoms with Crippen LogP contribution in [0.2, 0.25) is 0 Å². The van der Waals surface area contributed by atoms with Crippen LogP contribution in [0.1, 0.15) is 31.2 Å². The average Bonchev–Trinajstić information content (AvgIpc) is 3.36. The fourth-order valence-corrected chi connectivity index (χ4v) is 2.82. The molecule has 1 heterocycles. The molecule has 3 aliphatic rings. The zero-order chi connectivity index (χ0) is 14.4. The van der Waals surface area contributed by atoms with Crippen molar-refractivity contribution in [3.05, 3.63) is 23.8 Å². The van der Waals surface area contributed by atoms with Gasteiger partial charge in [0.1, 0.15) is 0 Å². The molecule has 0 bridgehead atoms. The highest BCUT2D eigenvalue weighted by atomic mass is 16.2. The summed E-state index contributed by atoms with van der Waals surface area (Å²) >= 11 is 0. The summed E-state index contributed by atoms with van der Waals surface area (Å²) < 4.78 is 0. The van der Waals surface area contributed by atoms with Gasteiger partial charge in [0.05, 0.1) is 0 Å². The molecular weight excluding hydrogens is 266 g/mol. The second-order valence-electron chi connectivity index (χ2n) is 6.23. The Morgan fingerprint density at radius 2 is 1.95 bits per heavy atom. The molecule has 0 saturated heterocycles. The van der Waals surface area contributed by atoms with E-state index in [-0.39, 0.29) is 17.9 Å². The summed E-state index contributed by atoms with van der Waals surface area (Å²) in [6.45, 7) is 0.766. The van der Waals surface area contributed by atoms with Gasteiger partial charge in [-0.25, -0.2) is 4.79 Å². The van der Waals surface area contributed by atoms with Crippen molar-refractivity contribution < 1.29 is 9.59 Å². The van der Waals surface area contributed by atoms with Gasteiger partial charge < -0.3 is 15.5 Å². The first-order chi connectivity index (χ1) is 10.2. The highest BCUT2D eigenvalue weighted by Gasteiger charge is 2.36. The first-order valence-corrected chi connectivity index (χ1v) is 7.72. The molecule has 4 rings (SSSR count). The number of amides is 3. The van der Waals surface area contributed by atoms with Gasteiger partial charge in [0.2, 0.25) is 5.91 Å². The van der Waals surface area contributed by atoms with E-state index in [1.165, 1.54) is 5.56 Å². The lowest BCUT2D eigenvalue weighted by atomic mass is 10.1. The minimum absolute atomic E-state index is 0.157. The Balaban J connectivity index is 1.50. The van der Waals surface area contributed by atoms with Gasteiger partial charge >= 0.3 is 6.03 Å². The van der Waals surface area contributed by atoms with E-state index in [2.05, 4.69) is 10.6 Å². The van der Waals surface area contributed by atoms with Crippen LogP contribution in [-0.4, -0.2) is 24.5 Å². The van der Waals surface area contributed by atoms with Gasteiger partial charge in [-0.1, -0.05) is 6.07 Å². The van der Waals surface area contributed by atoms with E-state index < -0.39 is 0 Å². The lowest BCUT2D eigenvalue weighted by molar-refractivity contribution is -0.119. The van der Waals surface area contributed by atoms with E-state index in [0.717, 1.165) is 50.0 Å². The van der Waals surface area contributed by atoms with Crippen molar-refractivity contribution in [1.82, 2.24) is 5.32 Å². The third-order valence-electron chi connectivity index (χ3n) is 4.34.